The molecule has 0 unspecified atom stereocenters. The maximum atomic E-state index is 5.44. The van der Waals surface area contributed by atoms with Gasteiger partial charge >= 0.3 is 0 Å². The largest absolute Gasteiger partial charge is 0.330 e. The van der Waals surface area contributed by atoms with Crippen molar-refractivity contribution < 1.29 is 0 Å². The van der Waals surface area contributed by atoms with E-state index in [1.165, 1.54) is 42.8 Å². The Hall–Kier alpha value is -0.470. The highest BCUT2D eigenvalue weighted by Crippen LogP contribution is 2.09. The molecule has 15 heavy (non-hydrogen) atoms. The highest BCUT2D eigenvalue weighted by atomic mass is 32.2. The van der Waals surface area contributed by atoms with Gasteiger partial charge in [-0.15, -0.1) is 0 Å². The molecule has 0 heterocycles. The quantitative estimate of drug-likeness (QED) is 0.685. The second-order valence-corrected chi connectivity index (χ2v) is 4.92. The predicted octanol–water partition coefficient (Wildman–Crippen LogP) is 3.09. The number of aryl methyl sites for hydroxylation is 1. The highest BCUT2D eigenvalue weighted by molar-refractivity contribution is 7.99. The lowest BCUT2D eigenvalue weighted by atomic mass is 10.1. The van der Waals surface area contributed by atoms with Crippen LogP contribution in [0.15, 0.2) is 30.3 Å². The molecule has 1 aromatic rings. The summed E-state index contributed by atoms with van der Waals surface area (Å²) in [5.41, 5.74) is 6.89. The molecule has 2 heteroatoms. The maximum Gasteiger partial charge on any atom is -0.00644 e. The molecule has 0 aliphatic carbocycles. The Bertz CT molecular complexity index is 236. The molecule has 1 aromatic carbocycles. The molecule has 0 aromatic heterocycles. The summed E-state index contributed by atoms with van der Waals surface area (Å²) in [7, 11) is 0. The Balaban J connectivity index is 1.93. The van der Waals surface area contributed by atoms with Crippen LogP contribution in [0.2, 0.25) is 0 Å². The normalized spacial score (nSPS) is 10.5. The van der Waals surface area contributed by atoms with Gasteiger partial charge in [0.1, 0.15) is 0 Å². The van der Waals surface area contributed by atoms with Gasteiger partial charge in [0.15, 0.2) is 0 Å². The summed E-state index contributed by atoms with van der Waals surface area (Å²) < 4.78 is 0. The molecule has 84 valence electrons. The Morgan fingerprint density at radius 1 is 0.933 bits per heavy atom. The molecule has 0 amide bonds. The van der Waals surface area contributed by atoms with Crippen LogP contribution in [0.1, 0.15) is 24.8 Å². The zero-order valence-electron chi connectivity index (χ0n) is 9.32. The fraction of sp³-hybridized carbons (Fsp3) is 0.538. The molecule has 0 radical (unpaired) electrons. The van der Waals surface area contributed by atoms with Crippen molar-refractivity contribution in [3.05, 3.63) is 35.9 Å². The number of thioether (sulfide) groups is 1. The van der Waals surface area contributed by atoms with Crippen LogP contribution in [-0.4, -0.2) is 18.1 Å². The highest BCUT2D eigenvalue weighted by Gasteiger charge is 1.93. The van der Waals surface area contributed by atoms with Gasteiger partial charge in [0.05, 0.1) is 0 Å². The Kier molecular flexibility index (Phi) is 7.40. The smallest absolute Gasteiger partial charge is 0.00644 e. The molecule has 0 saturated carbocycles. The van der Waals surface area contributed by atoms with Gasteiger partial charge in [-0.2, -0.15) is 11.8 Å². The SMILES string of the molecule is NCCCCSCCCc1ccccc1. The van der Waals surface area contributed by atoms with E-state index >= 15 is 0 Å². The van der Waals surface area contributed by atoms with E-state index in [-0.39, 0.29) is 0 Å². The lowest BCUT2D eigenvalue weighted by Crippen LogP contribution is -1.98. The maximum absolute atomic E-state index is 5.44. The van der Waals surface area contributed by atoms with Gasteiger partial charge in [0, 0.05) is 0 Å². The average molecular weight is 223 g/mol. The van der Waals surface area contributed by atoms with Crippen molar-refractivity contribution in [2.45, 2.75) is 25.7 Å². The molecule has 0 bridgehead atoms. The van der Waals surface area contributed by atoms with Crippen molar-refractivity contribution >= 4 is 11.8 Å². The van der Waals surface area contributed by atoms with Gasteiger partial charge in [-0.1, -0.05) is 30.3 Å². The minimum Gasteiger partial charge on any atom is -0.330 e. The Morgan fingerprint density at radius 2 is 1.67 bits per heavy atom. The molecule has 0 atom stereocenters. The lowest BCUT2D eigenvalue weighted by molar-refractivity contribution is 0.813. The topological polar surface area (TPSA) is 26.0 Å². The van der Waals surface area contributed by atoms with Crippen LogP contribution in [0.3, 0.4) is 0 Å². The van der Waals surface area contributed by atoms with Gasteiger partial charge in [0.2, 0.25) is 0 Å². The standard InChI is InChI=1S/C13H21NS/c14-10-4-5-11-15-12-6-9-13-7-2-1-3-8-13/h1-3,7-8H,4-6,9-12,14H2. The summed E-state index contributed by atoms with van der Waals surface area (Å²) in [6, 6.07) is 10.7. The van der Waals surface area contributed by atoms with E-state index in [1.54, 1.807) is 0 Å². The molecular formula is C13H21NS. The number of hydrogen-bond donors (Lipinski definition) is 1. The number of benzene rings is 1. The van der Waals surface area contributed by atoms with Crippen LogP contribution in [-0.2, 0) is 6.42 Å². The molecule has 0 fully saturated rings. The average Bonchev–Trinajstić information content (AvgIpc) is 2.29. The summed E-state index contributed by atoms with van der Waals surface area (Å²) in [5, 5.41) is 0. The van der Waals surface area contributed by atoms with Crippen LogP contribution < -0.4 is 5.73 Å². The van der Waals surface area contributed by atoms with E-state index in [0.717, 1.165) is 6.54 Å². The molecule has 1 rings (SSSR count). The Labute approximate surface area is 97.4 Å². The third-order valence-corrected chi connectivity index (χ3v) is 3.49. The monoisotopic (exact) mass is 223 g/mol. The Morgan fingerprint density at radius 3 is 2.40 bits per heavy atom. The predicted molar refractivity (Wildman–Crippen MR) is 70.4 cm³/mol. The third-order valence-electron chi connectivity index (χ3n) is 2.34. The first kappa shape index (κ1) is 12.6. The van der Waals surface area contributed by atoms with Crippen LogP contribution in [0.4, 0.5) is 0 Å². The fourth-order valence-corrected chi connectivity index (χ4v) is 2.43. The summed E-state index contributed by atoms with van der Waals surface area (Å²) in [6.07, 6.45) is 4.94. The molecule has 1 nitrogen and oxygen atoms in total. The van der Waals surface area contributed by atoms with Crippen LogP contribution in [0.25, 0.3) is 0 Å². The van der Waals surface area contributed by atoms with E-state index in [2.05, 4.69) is 42.1 Å². The van der Waals surface area contributed by atoms with E-state index in [1.807, 2.05) is 0 Å². The number of rotatable bonds is 8. The van der Waals surface area contributed by atoms with Crippen molar-refractivity contribution in [2.75, 3.05) is 18.1 Å². The van der Waals surface area contributed by atoms with E-state index in [0.29, 0.717) is 0 Å². The van der Waals surface area contributed by atoms with Crippen LogP contribution in [0.5, 0.6) is 0 Å². The minimum atomic E-state index is 0.838. The molecule has 0 aliphatic heterocycles. The second kappa shape index (κ2) is 8.81. The molecular weight excluding hydrogens is 202 g/mol. The zero-order chi connectivity index (χ0) is 10.8. The second-order valence-electron chi connectivity index (χ2n) is 3.70. The first-order chi connectivity index (χ1) is 7.43. The summed E-state index contributed by atoms with van der Waals surface area (Å²) in [6.45, 7) is 0.838. The molecule has 0 spiro atoms. The summed E-state index contributed by atoms with van der Waals surface area (Å²) >= 11 is 2.06. The lowest BCUT2D eigenvalue weighted by Gasteiger charge is -2.01. The third kappa shape index (κ3) is 6.58. The van der Waals surface area contributed by atoms with Crippen molar-refractivity contribution in [3.63, 3.8) is 0 Å². The zero-order valence-corrected chi connectivity index (χ0v) is 10.1. The van der Waals surface area contributed by atoms with Gasteiger partial charge in [-0.05, 0) is 49.3 Å². The molecule has 0 aliphatic rings. The van der Waals surface area contributed by atoms with E-state index in [9.17, 15) is 0 Å². The van der Waals surface area contributed by atoms with Crippen LogP contribution >= 0.6 is 11.8 Å². The van der Waals surface area contributed by atoms with E-state index < -0.39 is 0 Å². The van der Waals surface area contributed by atoms with Crippen LogP contribution in [0, 0.1) is 0 Å². The van der Waals surface area contributed by atoms with Gasteiger partial charge < -0.3 is 5.73 Å². The van der Waals surface area contributed by atoms with Crippen molar-refractivity contribution in [1.82, 2.24) is 0 Å². The first-order valence-corrected chi connectivity index (χ1v) is 6.90. The number of nitrogens with two attached hydrogens (primary N) is 1. The summed E-state index contributed by atoms with van der Waals surface area (Å²) in [5.74, 6) is 2.55. The van der Waals surface area contributed by atoms with E-state index in [4.69, 9.17) is 5.73 Å². The van der Waals surface area contributed by atoms with Gasteiger partial charge in [-0.3, -0.25) is 0 Å². The number of unbranched alkanes of at least 4 members (excludes halogenated alkanes) is 1. The minimum absolute atomic E-state index is 0.838. The van der Waals surface area contributed by atoms with Crippen molar-refractivity contribution in [2.24, 2.45) is 5.73 Å². The first-order valence-electron chi connectivity index (χ1n) is 5.75. The molecule has 0 saturated heterocycles. The summed E-state index contributed by atoms with van der Waals surface area (Å²) in [4.78, 5) is 0. The van der Waals surface area contributed by atoms with Crippen molar-refractivity contribution in [3.8, 4) is 0 Å². The van der Waals surface area contributed by atoms with Crippen molar-refractivity contribution in [1.29, 1.82) is 0 Å². The molecule has 2 N–H and O–H groups in total. The number of hydrogen-bond acceptors (Lipinski definition) is 2. The van der Waals surface area contributed by atoms with Gasteiger partial charge in [0.25, 0.3) is 0 Å². The fourth-order valence-electron chi connectivity index (χ4n) is 1.47. The van der Waals surface area contributed by atoms with Gasteiger partial charge in [-0.25, -0.2) is 0 Å².